The molecule has 0 bridgehead atoms. The van der Waals surface area contributed by atoms with Gasteiger partial charge in [0.1, 0.15) is 0 Å². The van der Waals surface area contributed by atoms with Crippen molar-refractivity contribution in [1.29, 1.82) is 0 Å². The van der Waals surface area contributed by atoms with Crippen molar-refractivity contribution in [2.75, 3.05) is 6.54 Å². The molecule has 0 aromatic rings. The van der Waals surface area contributed by atoms with Crippen LogP contribution in [0.3, 0.4) is 0 Å². The molecule has 75 valence electrons. The van der Waals surface area contributed by atoms with E-state index in [0.717, 1.165) is 11.3 Å². The second-order valence-electron chi connectivity index (χ2n) is 2.71. The monoisotopic (exact) mass is 185 g/mol. The molecule has 0 fully saturated rings. The van der Waals surface area contributed by atoms with Gasteiger partial charge in [-0.05, 0) is 19.8 Å². The van der Waals surface area contributed by atoms with Gasteiger partial charge in [-0.15, -0.1) is 0 Å². The van der Waals surface area contributed by atoms with Gasteiger partial charge in [-0.3, -0.25) is 9.69 Å². The Bertz CT molecular complexity index is 180. The van der Waals surface area contributed by atoms with Crippen LogP contribution in [0.25, 0.3) is 0 Å². The summed E-state index contributed by atoms with van der Waals surface area (Å²) in [4.78, 5) is 23.1. The van der Waals surface area contributed by atoms with Crippen molar-refractivity contribution in [2.24, 2.45) is 5.73 Å². The number of urea groups is 1. The summed E-state index contributed by atoms with van der Waals surface area (Å²) in [6.07, 6.45) is 4.02. The van der Waals surface area contributed by atoms with Crippen molar-refractivity contribution in [3.05, 3.63) is 6.42 Å². The van der Waals surface area contributed by atoms with Crippen LogP contribution in [0.5, 0.6) is 0 Å². The first-order valence-corrected chi connectivity index (χ1v) is 4.54. The Balaban J connectivity index is 3.85. The average Bonchev–Trinajstić information content (AvgIpc) is 2.05. The molecule has 0 spiro atoms. The first-order valence-electron chi connectivity index (χ1n) is 4.54. The van der Waals surface area contributed by atoms with Crippen molar-refractivity contribution in [3.63, 3.8) is 0 Å². The van der Waals surface area contributed by atoms with Crippen LogP contribution >= 0.6 is 0 Å². The Morgan fingerprint density at radius 2 is 2.00 bits per heavy atom. The number of nitrogens with two attached hydrogens (primary N) is 1. The highest BCUT2D eigenvalue weighted by Gasteiger charge is 2.15. The van der Waals surface area contributed by atoms with Gasteiger partial charge in [-0.1, -0.05) is 13.3 Å². The fourth-order valence-electron chi connectivity index (χ4n) is 1.02. The van der Waals surface area contributed by atoms with E-state index in [-0.39, 0.29) is 5.91 Å². The van der Waals surface area contributed by atoms with Crippen LogP contribution in [-0.4, -0.2) is 23.4 Å². The quantitative estimate of drug-likeness (QED) is 0.656. The summed E-state index contributed by atoms with van der Waals surface area (Å²) in [5.74, 6) is -0.195. The molecule has 0 heterocycles. The molecule has 0 saturated heterocycles. The summed E-state index contributed by atoms with van der Waals surface area (Å²) in [6.45, 7) is 4.09. The van der Waals surface area contributed by atoms with Crippen LogP contribution in [0.1, 0.15) is 33.1 Å². The second-order valence-corrected chi connectivity index (χ2v) is 2.71. The molecular formula is C9H17N2O2. The number of rotatable bonds is 5. The zero-order chi connectivity index (χ0) is 10.3. The molecule has 1 radical (unpaired) electrons. The Labute approximate surface area is 79.1 Å². The standard InChI is InChI=1S/C9H17N2O2/c1-3-5-6-7-8(12)11(4-2)9(10)13/h5H,3-4,6-7H2,1-2H3,(H2,10,13). The first-order chi connectivity index (χ1) is 6.13. The normalized spacial score (nSPS) is 9.69. The minimum Gasteiger partial charge on any atom is -0.351 e. The highest BCUT2D eigenvalue weighted by atomic mass is 16.2. The molecule has 0 saturated carbocycles. The maximum absolute atomic E-state index is 11.3. The molecule has 0 atom stereocenters. The van der Waals surface area contributed by atoms with Crippen molar-refractivity contribution >= 4 is 11.9 Å². The van der Waals surface area contributed by atoms with Crippen LogP contribution in [0.2, 0.25) is 0 Å². The topological polar surface area (TPSA) is 63.4 Å². The van der Waals surface area contributed by atoms with Crippen molar-refractivity contribution in [1.82, 2.24) is 4.90 Å². The molecule has 4 nitrogen and oxygen atoms in total. The van der Waals surface area contributed by atoms with Crippen molar-refractivity contribution < 1.29 is 9.59 Å². The smallest absolute Gasteiger partial charge is 0.321 e. The van der Waals surface area contributed by atoms with Gasteiger partial charge in [0.2, 0.25) is 5.91 Å². The lowest BCUT2D eigenvalue weighted by Gasteiger charge is -2.15. The highest BCUT2D eigenvalue weighted by Crippen LogP contribution is 2.01. The Hall–Kier alpha value is -1.06. The molecule has 0 aromatic heterocycles. The van der Waals surface area contributed by atoms with Gasteiger partial charge in [0.15, 0.2) is 0 Å². The number of hydrogen-bond donors (Lipinski definition) is 1. The summed E-state index contributed by atoms with van der Waals surface area (Å²) < 4.78 is 0. The molecule has 0 aromatic carbocycles. The lowest BCUT2D eigenvalue weighted by molar-refractivity contribution is -0.127. The molecule has 0 aliphatic heterocycles. The molecule has 4 heteroatoms. The predicted octanol–water partition coefficient (Wildman–Crippen LogP) is 1.31. The lowest BCUT2D eigenvalue weighted by atomic mass is 10.2. The minimum atomic E-state index is -0.663. The summed E-state index contributed by atoms with van der Waals surface area (Å²) in [7, 11) is 0. The van der Waals surface area contributed by atoms with Gasteiger partial charge >= 0.3 is 6.03 Å². The number of unbranched alkanes of at least 4 members (excludes halogenated alkanes) is 2. The number of hydrogen-bond acceptors (Lipinski definition) is 2. The molecular weight excluding hydrogens is 168 g/mol. The van der Waals surface area contributed by atoms with E-state index in [0.29, 0.717) is 19.4 Å². The van der Waals surface area contributed by atoms with E-state index in [2.05, 4.69) is 0 Å². The first kappa shape index (κ1) is 11.9. The maximum atomic E-state index is 11.3. The second kappa shape index (κ2) is 6.46. The van der Waals surface area contributed by atoms with E-state index < -0.39 is 6.03 Å². The van der Waals surface area contributed by atoms with E-state index in [9.17, 15) is 9.59 Å². The number of primary amides is 1. The number of amides is 3. The summed E-state index contributed by atoms with van der Waals surface area (Å²) in [5.41, 5.74) is 5.01. The van der Waals surface area contributed by atoms with Gasteiger partial charge in [-0.2, -0.15) is 0 Å². The molecule has 0 aliphatic rings. The highest BCUT2D eigenvalue weighted by molar-refractivity contribution is 5.93. The Morgan fingerprint density at radius 3 is 2.38 bits per heavy atom. The summed E-state index contributed by atoms with van der Waals surface area (Å²) in [5, 5.41) is 0. The van der Waals surface area contributed by atoms with E-state index in [4.69, 9.17) is 5.73 Å². The van der Waals surface area contributed by atoms with Gasteiger partial charge in [-0.25, -0.2) is 4.79 Å². The van der Waals surface area contributed by atoms with E-state index in [1.165, 1.54) is 0 Å². The van der Waals surface area contributed by atoms with E-state index in [1.807, 2.05) is 13.3 Å². The third-order valence-corrected chi connectivity index (χ3v) is 1.73. The van der Waals surface area contributed by atoms with Crippen LogP contribution in [0.15, 0.2) is 0 Å². The van der Waals surface area contributed by atoms with E-state index >= 15 is 0 Å². The minimum absolute atomic E-state index is 0.195. The molecule has 2 N–H and O–H groups in total. The number of carbonyl (C=O) groups is 2. The lowest BCUT2D eigenvalue weighted by Crippen LogP contribution is -2.40. The zero-order valence-electron chi connectivity index (χ0n) is 8.25. The average molecular weight is 185 g/mol. The van der Waals surface area contributed by atoms with Crippen molar-refractivity contribution in [2.45, 2.75) is 33.1 Å². The van der Waals surface area contributed by atoms with Gasteiger partial charge < -0.3 is 5.73 Å². The predicted molar refractivity (Wildman–Crippen MR) is 50.8 cm³/mol. The van der Waals surface area contributed by atoms with Gasteiger partial charge in [0.05, 0.1) is 0 Å². The Morgan fingerprint density at radius 1 is 1.38 bits per heavy atom. The van der Waals surface area contributed by atoms with E-state index in [1.54, 1.807) is 6.92 Å². The van der Waals surface area contributed by atoms with Crippen LogP contribution in [-0.2, 0) is 4.79 Å². The zero-order valence-corrected chi connectivity index (χ0v) is 8.25. The third kappa shape index (κ3) is 4.50. The van der Waals surface area contributed by atoms with Gasteiger partial charge in [0.25, 0.3) is 0 Å². The van der Waals surface area contributed by atoms with Gasteiger partial charge in [0, 0.05) is 13.0 Å². The van der Waals surface area contributed by atoms with Crippen molar-refractivity contribution in [3.8, 4) is 0 Å². The molecule has 0 aliphatic carbocycles. The van der Waals surface area contributed by atoms with Crippen LogP contribution in [0, 0.1) is 6.42 Å². The molecule has 0 unspecified atom stereocenters. The summed E-state index contributed by atoms with van der Waals surface area (Å²) in [6, 6.07) is -0.663. The third-order valence-electron chi connectivity index (χ3n) is 1.73. The maximum Gasteiger partial charge on any atom is 0.321 e. The fourth-order valence-corrected chi connectivity index (χ4v) is 1.02. The summed E-state index contributed by atoms with van der Waals surface area (Å²) >= 11 is 0. The van der Waals surface area contributed by atoms with Crippen LogP contribution in [0.4, 0.5) is 4.79 Å². The largest absolute Gasteiger partial charge is 0.351 e. The number of carbonyl (C=O) groups excluding carboxylic acids is 2. The Kier molecular flexibility index (Phi) is 5.93. The number of imide groups is 1. The number of nitrogens with zero attached hydrogens (tertiary/aromatic N) is 1. The fraction of sp³-hybridized carbons (Fsp3) is 0.667. The molecule has 13 heavy (non-hydrogen) atoms. The SMILES string of the molecule is CC[CH]CCC(=O)N(CC)C(N)=O. The molecule has 3 amide bonds. The molecule has 0 rings (SSSR count). The van der Waals surface area contributed by atoms with Crippen LogP contribution < -0.4 is 5.73 Å².